The van der Waals surface area contributed by atoms with E-state index in [0.717, 1.165) is 40.2 Å². The van der Waals surface area contributed by atoms with Gasteiger partial charge in [-0.2, -0.15) is 0 Å². The monoisotopic (exact) mass is 354 g/mol. The van der Waals surface area contributed by atoms with E-state index in [9.17, 15) is 4.39 Å². The molecule has 0 saturated heterocycles. The molecule has 138 valence electrons. The third-order valence-electron chi connectivity index (χ3n) is 4.86. The lowest BCUT2D eigenvalue weighted by Gasteiger charge is -2.11. The highest BCUT2D eigenvalue weighted by molar-refractivity contribution is 5.83. The Balaban J connectivity index is 1.72. The van der Waals surface area contributed by atoms with E-state index in [1.54, 1.807) is 0 Å². The number of rotatable bonds is 6. The minimum atomic E-state index is -0.196. The van der Waals surface area contributed by atoms with Gasteiger partial charge in [0.2, 0.25) is 0 Å². The van der Waals surface area contributed by atoms with Crippen LogP contribution in [0.5, 0.6) is 5.75 Å². The molecular weight excluding hydrogens is 327 g/mol. The standard InChI is InChI=1S/C23H27FO2/c1-16(12-18(3)24)8-9-17(2)23-14-20-13-21(10-11-22(20)26-23)25-15-19-6-4-5-7-19/h8-14,19H,4-7,15H2,1-3H3/b16-8-,17-9+,18-12+. The Labute approximate surface area is 155 Å². The maximum absolute atomic E-state index is 12.9. The molecule has 2 nitrogen and oxygen atoms in total. The molecule has 1 aromatic heterocycles. The summed E-state index contributed by atoms with van der Waals surface area (Å²) in [7, 11) is 0. The Morgan fingerprint density at radius 1 is 1.15 bits per heavy atom. The van der Waals surface area contributed by atoms with Gasteiger partial charge in [0, 0.05) is 5.39 Å². The normalized spacial score (nSPS) is 17.3. The van der Waals surface area contributed by atoms with Crippen molar-refractivity contribution in [1.82, 2.24) is 0 Å². The van der Waals surface area contributed by atoms with Crippen LogP contribution in [0.25, 0.3) is 16.5 Å². The molecule has 26 heavy (non-hydrogen) atoms. The van der Waals surface area contributed by atoms with E-state index in [4.69, 9.17) is 9.15 Å². The van der Waals surface area contributed by atoms with E-state index < -0.39 is 0 Å². The summed E-state index contributed by atoms with van der Waals surface area (Å²) >= 11 is 0. The van der Waals surface area contributed by atoms with E-state index in [0.29, 0.717) is 5.92 Å². The maximum atomic E-state index is 12.9. The van der Waals surface area contributed by atoms with Crippen molar-refractivity contribution in [1.29, 1.82) is 0 Å². The quantitative estimate of drug-likeness (QED) is 0.511. The van der Waals surface area contributed by atoms with Gasteiger partial charge in [0.05, 0.1) is 12.4 Å². The molecule has 0 amide bonds. The zero-order valence-corrected chi connectivity index (χ0v) is 15.8. The summed E-state index contributed by atoms with van der Waals surface area (Å²) in [6, 6.07) is 8.01. The number of halogens is 1. The molecule has 0 atom stereocenters. The van der Waals surface area contributed by atoms with Crippen LogP contribution in [-0.2, 0) is 0 Å². The molecule has 1 aliphatic rings. The topological polar surface area (TPSA) is 22.4 Å². The Bertz CT molecular complexity index is 844. The van der Waals surface area contributed by atoms with Gasteiger partial charge >= 0.3 is 0 Å². The Hall–Kier alpha value is -2.29. The van der Waals surface area contributed by atoms with E-state index in [1.807, 2.05) is 50.3 Å². The first kappa shape index (κ1) is 18.5. The lowest BCUT2D eigenvalue weighted by atomic mass is 10.1. The summed E-state index contributed by atoms with van der Waals surface area (Å²) in [5.74, 6) is 2.22. The third kappa shape index (κ3) is 4.87. The molecule has 2 aromatic rings. The van der Waals surface area contributed by atoms with E-state index >= 15 is 0 Å². The highest BCUT2D eigenvalue weighted by Gasteiger charge is 2.15. The Morgan fingerprint density at radius 3 is 2.65 bits per heavy atom. The van der Waals surface area contributed by atoms with E-state index in [-0.39, 0.29) is 5.83 Å². The van der Waals surface area contributed by atoms with Crippen LogP contribution in [0.4, 0.5) is 4.39 Å². The molecule has 1 fully saturated rings. The molecule has 0 radical (unpaired) electrons. The van der Waals surface area contributed by atoms with Gasteiger partial charge in [-0.25, -0.2) is 4.39 Å². The smallest absolute Gasteiger partial charge is 0.135 e. The molecule has 0 N–H and O–H groups in total. The van der Waals surface area contributed by atoms with Crippen LogP contribution in [0.2, 0.25) is 0 Å². The van der Waals surface area contributed by atoms with Gasteiger partial charge in [0.15, 0.2) is 0 Å². The van der Waals surface area contributed by atoms with Crippen molar-refractivity contribution in [3.63, 3.8) is 0 Å². The highest BCUT2D eigenvalue weighted by atomic mass is 19.1. The fourth-order valence-electron chi connectivity index (χ4n) is 3.40. The van der Waals surface area contributed by atoms with Crippen molar-refractivity contribution in [2.75, 3.05) is 6.61 Å². The summed E-state index contributed by atoms with van der Waals surface area (Å²) in [4.78, 5) is 0. The average Bonchev–Trinajstić information content (AvgIpc) is 3.26. The predicted molar refractivity (Wildman–Crippen MR) is 106 cm³/mol. The predicted octanol–water partition coefficient (Wildman–Crippen LogP) is 7.22. The molecule has 1 saturated carbocycles. The number of furan rings is 1. The van der Waals surface area contributed by atoms with Crippen molar-refractivity contribution >= 4 is 16.5 Å². The maximum Gasteiger partial charge on any atom is 0.135 e. The molecule has 0 aliphatic heterocycles. The number of hydrogen-bond donors (Lipinski definition) is 0. The first-order valence-electron chi connectivity index (χ1n) is 9.37. The molecule has 3 heteroatoms. The zero-order chi connectivity index (χ0) is 18.5. The highest BCUT2D eigenvalue weighted by Crippen LogP contribution is 2.29. The van der Waals surface area contributed by atoms with Gasteiger partial charge in [-0.3, -0.25) is 0 Å². The number of allylic oxidation sites excluding steroid dienone is 6. The number of fused-ring (bicyclic) bond motifs is 1. The van der Waals surface area contributed by atoms with Gasteiger partial charge < -0.3 is 9.15 Å². The molecule has 0 spiro atoms. The fourth-order valence-corrected chi connectivity index (χ4v) is 3.40. The first-order chi connectivity index (χ1) is 12.5. The molecule has 3 rings (SSSR count). The molecule has 0 unspecified atom stereocenters. The van der Waals surface area contributed by atoms with Crippen molar-refractivity contribution < 1.29 is 13.5 Å². The van der Waals surface area contributed by atoms with Gasteiger partial charge in [-0.15, -0.1) is 0 Å². The van der Waals surface area contributed by atoms with Gasteiger partial charge in [0.25, 0.3) is 0 Å². The summed E-state index contributed by atoms with van der Waals surface area (Å²) in [5.41, 5.74) is 2.71. The van der Waals surface area contributed by atoms with Crippen molar-refractivity contribution in [2.24, 2.45) is 5.92 Å². The first-order valence-corrected chi connectivity index (χ1v) is 9.37. The number of benzene rings is 1. The largest absolute Gasteiger partial charge is 0.493 e. The zero-order valence-electron chi connectivity index (χ0n) is 15.8. The molecular formula is C23H27FO2. The van der Waals surface area contributed by atoms with Crippen LogP contribution < -0.4 is 4.74 Å². The molecule has 1 aromatic carbocycles. The van der Waals surface area contributed by atoms with Gasteiger partial charge in [-0.1, -0.05) is 25.0 Å². The lowest BCUT2D eigenvalue weighted by molar-refractivity contribution is 0.252. The fraction of sp³-hybridized carbons (Fsp3) is 0.391. The summed E-state index contributed by atoms with van der Waals surface area (Å²) in [6.45, 7) is 6.12. The number of hydrogen-bond acceptors (Lipinski definition) is 2. The summed E-state index contributed by atoms with van der Waals surface area (Å²) in [6.07, 6.45) is 10.6. The summed E-state index contributed by atoms with van der Waals surface area (Å²) in [5, 5.41) is 1.04. The third-order valence-corrected chi connectivity index (χ3v) is 4.86. The van der Waals surface area contributed by atoms with Gasteiger partial charge in [-0.05, 0) is 81.0 Å². The van der Waals surface area contributed by atoms with Crippen LogP contribution in [0.1, 0.15) is 52.2 Å². The summed E-state index contributed by atoms with van der Waals surface area (Å²) < 4.78 is 24.8. The lowest BCUT2D eigenvalue weighted by Crippen LogP contribution is -2.07. The second-order valence-electron chi connectivity index (χ2n) is 7.26. The molecule has 1 aliphatic carbocycles. The number of ether oxygens (including phenoxy) is 1. The van der Waals surface area contributed by atoms with E-state index in [2.05, 4.69) is 0 Å². The van der Waals surface area contributed by atoms with E-state index in [1.165, 1.54) is 38.7 Å². The average molecular weight is 354 g/mol. The minimum absolute atomic E-state index is 0.196. The van der Waals surface area contributed by atoms with Crippen LogP contribution in [-0.4, -0.2) is 6.61 Å². The van der Waals surface area contributed by atoms with Crippen molar-refractivity contribution in [2.45, 2.75) is 46.5 Å². The second kappa shape index (κ2) is 8.39. The van der Waals surface area contributed by atoms with Crippen LogP contribution >= 0.6 is 0 Å². The Morgan fingerprint density at radius 2 is 1.92 bits per heavy atom. The van der Waals surface area contributed by atoms with Crippen molar-refractivity contribution in [3.05, 3.63) is 59.7 Å². The minimum Gasteiger partial charge on any atom is -0.493 e. The van der Waals surface area contributed by atoms with Gasteiger partial charge in [0.1, 0.15) is 17.1 Å². The van der Waals surface area contributed by atoms with Crippen molar-refractivity contribution in [3.8, 4) is 5.75 Å². The Kier molecular flexibility index (Phi) is 5.97. The second-order valence-corrected chi connectivity index (χ2v) is 7.26. The van der Waals surface area contributed by atoms with Crippen LogP contribution in [0.3, 0.4) is 0 Å². The SMILES string of the molecule is CC(=C/C=C(\C)c1cc2cc(OCC3CCCC3)ccc2o1)/C=C(\C)F. The van der Waals surface area contributed by atoms with Crippen LogP contribution in [0, 0.1) is 5.92 Å². The molecule has 1 heterocycles. The van der Waals surface area contributed by atoms with Crippen LogP contribution in [0.15, 0.2) is 58.3 Å². The molecule has 0 bridgehead atoms.